The third-order valence-corrected chi connectivity index (χ3v) is 2.83. The van der Waals surface area contributed by atoms with Gasteiger partial charge < -0.3 is 9.47 Å². The molecule has 5 heteroatoms. The normalized spacial score (nSPS) is 16.5. The largest absolute Gasteiger partial charge is 0.341 e. The maximum absolute atomic E-state index is 4.53. The highest BCUT2D eigenvalue weighted by Crippen LogP contribution is 2.17. The molecule has 0 bridgehead atoms. The Bertz CT molecular complexity index is 484. The first-order valence-corrected chi connectivity index (χ1v) is 5.23. The second kappa shape index (κ2) is 3.18. The maximum Gasteiger partial charge on any atom is 0.227 e. The SMILES string of the molecule is Cn1cnc2cnc(N3CCCC3)nc21. The molecule has 2 aromatic heterocycles. The van der Waals surface area contributed by atoms with Crippen molar-refractivity contribution in [2.75, 3.05) is 18.0 Å². The van der Waals surface area contributed by atoms with Crippen molar-refractivity contribution >= 4 is 17.1 Å². The molecular weight excluding hydrogens is 190 g/mol. The average Bonchev–Trinajstić information content (AvgIpc) is 2.88. The molecule has 5 nitrogen and oxygen atoms in total. The zero-order valence-corrected chi connectivity index (χ0v) is 8.72. The molecule has 78 valence electrons. The summed E-state index contributed by atoms with van der Waals surface area (Å²) in [6.07, 6.45) is 6.06. The van der Waals surface area contributed by atoms with Gasteiger partial charge in [-0.3, -0.25) is 0 Å². The van der Waals surface area contributed by atoms with Crippen LogP contribution in [-0.4, -0.2) is 32.6 Å². The molecule has 1 aliphatic heterocycles. The topological polar surface area (TPSA) is 46.8 Å². The molecule has 0 aromatic carbocycles. The number of anilines is 1. The Hall–Kier alpha value is -1.65. The van der Waals surface area contributed by atoms with Crippen molar-refractivity contribution in [1.29, 1.82) is 0 Å². The number of hydrogen-bond donors (Lipinski definition) is 0. The Morgan fingerprint density at radius 3 is 2.80 bits per heavy atom. The minimum atomic E-state index is 0.837. The summed E-state index contributed by atoms with van der Waals surface area (Å²) in [7, 11) is 1.95. The van der Waals surface area contributed by atoms with Crippen LogP contribution in [0.2, 0.25) is 0 Å². The third kappa shape index (κ3) is 1.35. The lowest BCUT2D eigenvalue weighted by Crippen LogP contribution is -2.20. The van der Waals surface area contributed by atoms with E-state index >= 15 is 0 Å². The van der Waals surface area contributed by atoms with E-state index in [1.54, 1.807) is 12.5 Å². The van der Waals surface area contributed by atoms with Crippen LogP contribution in [0.15, 0.2) is 12.5 Å². The van der Waals surface area contributed by atoms with Gasteiger partial charge in [0.1, 0.15) is 5.52 Å². The summed E-state index contributed by atoms with van der Waals surface area (Å²) < 4.78 is 1.93. The van der Waals surface area contributed by atoms with Gasteiger partial charge in [0.25, 0.3) is 0 Å². The zero-order chi connectivity index (χ0) is 10.3. The highest BCUT2D eigenvalue weighted by Gasteiger charge is 2.15. The number of imidazole rings is 1. The smallest absolute Gasteiger partial charge is 0.227 e. The molecule has 3 heterocycles. The lowest BCUT2D eigenvalue weighted by atomic mass is 10.4. The molecule has 0 aliphatic carbocycles. The van der Waals surface area contributed by atoms with Gasteiger partial charge in [-0.2, -0.15) is 4.98 Å². The Balaban J connectivity index is 2.08. The molecule has 0 N–H and O–H groups in total. The molecule has 0 radical (unpaired) electrons. The van der Waals surface area contributed by atoms with Crippen LogP contribution in [0, 0.1) is 0 Å². The lowest BCUT2D eigenvalue weighted by Gasteiger charge is -2.14. The number of hydrogen-bond acceptors (Lipinski definition) is 4. The molecule has 1 saturated heterocycles. The van der Waals surface area contributed by atoms with Gasteiger partial charge in [0.15, 0.2) is 5.65 Å². The van der Waals surface area contributed by atoms with Crippen molar-refractivity contribution in [3.8, 4) is 0 Å². The molecule has 0 unspecified atom stereocenters. The second-order valence-electron chi connectivity index (χ2n) is 3.93. The van der Waals surface area contributed by atoms with E-state index < -0.39 is 0 Å². The van der Waals surface area contributed by atoms with E-state index in [4.69, 9.17) is 0 Å². The van der Waals surface area contributed by atoms with Crippen LogP contribution in [0.1, 0.15) is 12.8 Å². The molecule has 2 aromatic rings. The third-order valence-electron chi connectivity index (χ3n) is 2.83. The minimum Gasteiger partial charge on any atom is -0.341 e. The number of aromatic nitrogens is 4. The van der Waals surface area contributed by atoms with E-state index in [0.29, 0.717) is 0 Å². The van der Waals surface area contributed by atoms with Crippen LogP contribution in [0.4, 0.5) is 5.95 Å². The molecule has 0 atom stereocenters. The molecule has 3 rings (SSSR count). The summed E-state index contributed by atoms with van der Waals surface area (Å²) in [5, 5.41) is 0. The van der Waals surface area contributed by atoms with Gasteiger partial charge in [-0.25, -0.2) is 9.97 Å². The predicted octanol–water partition coefficient (Wildman–Crippen LogP) is 0.963. The zero-order valence-electron chi connectivity index (χ0n) is 8.72. The van der Waals surface area contributed by atoms with Gasteiger partial charge in [0.05, 0.1) is 12.5 Å². The number of nitrogens with zero attached hydrogens (tertiary/aromatic N) is 5. The van der Waals surface area contributed by atoms with Gasteiger partial charge in [0.2, 0.25) is 5.95 Å². The van der Waals surface area contributed by atoms with Crippen LogP contribution >= 0.6 is 0 Å². The summed E-state index contributed by atoms with van der Waals surface area (Å²) in [4.78, 5) is 15.3. The van der Waals surface area contributed by atoms with E-state index in [1.165, 1.54) is 12.8 Å². The number of rotatable bonds is 1. The predicted molar refractivity (Wildman–Crippen MR) is 57.8 cm³/mol. The van der Waals surface area contributed by atoms with Crippen molar-refractivity contribution in [1.82, 2.24) is 19.5 Å². The standard InChI is InChI=1S/C10H13N5/c1-14-7-12-8-6-11-10(13-9(8)14)15-4-2-3-5-15/h6-7H,2-5H2,1H3. The molecule has 1 aliphatic rings. The minimum absolute atomic E-state index is 0.837. The van der Waals surface area contributed by atoms with Gasteiger partial charge in [-0.05, 0) is 12.8 Å². The van der Waals surface area contributed by atoms with E-state index in [-0.39, 0.29) is 0 Å². The first-order valence-electron chi connectivity index (χ1n) is 5.23. The van der Waals surface area contributed by atoms with E-state index in [9.17, 15) is 0 Å². The fourth-order valence-corrected chi connectivity index (χ4v) is 1.98. The summed E-state index contributed by atoms with van der Waals surface area (Å²) in [5.74, 6) is 0.837. The Morgan fingerprint density at radius 2 is 2.00 bits per heavy atom. The average molecular weight is 203 g/mol. The van der Waals surface area contributed by atoms with Crippen LogP contribution in [0.25, 0.3) is 11.2 Å². The summed E-state index contributed by atoms with van der Waals surface area (Å²) >= 11 is 0. The first kappa shape index (κ1) is 8.64. The number of fused-ring (bicyclic) bond motifs is 1. The molecule has 0 spiro atoms. The molecule has 1 fully saturated rings. The van der Waals surface area contributed by atoms with Gasteiger partial charge in [-0.1, -0.05) is 0 Å². The maximum atomic E-state index is 4.53. The van der Waals surface area contributed by atoms with Crippen LogP contribution < -0.4 is 4.90 Å². The summed E-state index contributed by atoms with van der Waals surface area (Å²) in [5.41, 5.74) is 1.77. The van der Waals surface area contributed by atoms with Gasteiger partial charge >= 0.3 is 0 Å². The summed E-state index contributed by atoms with van der Waals surface area (Å²) in [6.45, 7) is 2.15. The van der Waals surface area contributed by atoms with Crippen LogP contribution in [0.3, 0.4) is 0 Å². The second-order valence-corrected chi connectivity index (χ2v) is 3.93. The highest BCUT2D eigenvalue weighted by molar-refractivity contribution is 5.70. The molecule has 0 saturated carbocycles. The monoisotopic (exact) mass is 203 g/mol. The quantitative estimate of drug-likeness (QED) is 0.692. The summed E-state index contributed by atoms with van der Waals surface area (Å²) in [6, 6.07) is 0. The van der Waals surface area contributed by atoms with E-state index in [0.717, 1.165) is 30.2 Å². The molecule has 0 amide bonds. The Kier molecular flexibility index (Phi) is 1.83. The van der Waals surface area contributed by atoms with E-state index in [2.05, 4.69) is 19.9 Å². The van der Waals surface area contributed by atoms with Crippen molar-refractivity contribution in [3.05, 3.63) is 12.5 Å². The fraction of sp³-hybridized carbons (Fsp3) is 0.500. The van der Waals surface area contributed by atoms with Gasteiger partial charge in [0, 0.05) is 20.1 Å². The lowest BCUT2D eigenvalue weighted by molar-refractivity contribution is 0.885. The number of aryl methyl sites for hydroxylation is 1. The first-order chi connectivity index (χ1) is 7.34. The highest BCUT2D eigenvalue weighted by atomic mass is 15.3. The van der Waals surface area contributed by atoms with Crippen molar-refractivity contribution in [2.24, 2.45) is 7.05 Å². The van der Waals surface area contributed by atoms with Crippen LogP contribution in [-0.2, 0) is 7.05 Å². The Morgan fingerprint density at radius 1 is 1.20 bits per heavy atom. The fourth-order valence-electron chi connectivity index (χ4n) is 1.98. The molecule has 15 heavy (non-hydrogen) atoms. The molecular formula is C10H13N5. The van der Waals surface area contributed by atoms with E-state index in [1.807, 2.05) is 11.6 Å². The van der Waals surface area contributed by atoms with Crippen molar-refractivity contribution in [3.63, 3.8) is 0 Å². The van der Waals surface area contributed by atoms with Crippen molar-refractivity contribution < 1.29 is 0 Å². The van der Waals surface area contributed by atoms with Crippen LogP contribution in [0.5, 0.6) is 0 Å². The Labute approximate surface area is 87.8 Å². The van der Waals surface area contributed by atoms with Gasteiger partial charge in [-0.15, -0.1) is 0 Å². The van der Waals surface area contributed by atoms with Crippen molar-refractivity contribution in [2.45, 2.75) is 12.8 Å².